The van der Waals surface area contributed by atoms with Crippen molar-refractivity contribution in [3.8, 4) is 5.75 Å². The third kappa shape index (κ3) is 5.07. The SMILES string of the molecule is CCNC(COc1cccc(COC)c1)C(C)C. The van der Waals surface area contributed by atoms with Gasteiger partial charge in [0.2, 0.25) is 0 Å². The summed E-state index contributed by atoms with van der Waals surface area (Å²) < 4.78 is 11.0. The Morgan fingerprint density at radius 3 is 2.67 bits per heavy atom. The van der Waals surface area contributed by atoms with Crippen LogP contribution in [0.15, 0.2) is 24.3 Å². The van der Waals surface area contributed by atoms with Gasteiger partial charge in [-0.1, -0.05) is 32.9 Å². The molecule has 0 bridgehead atoms. The highest BCUT2D eigenvalue weighted by molar-refractivity contribution is 5.28. The van der Waals surface area contributed by atoms with Gasteiger partial charge in [0.05, 0.1) is 6.61 Å². The van der Waals surface area contributed by atoms with Gasteiger partial charge in [-0.15, -0.1) is 0 Å². The number of hydrogen-bond donors (Lipinski definition) is 1. The first kappa shape index (κ1) is 15.0. The van der Waals surface area contributed by atoms with Crippen molar-refractivity contribution >= 4 is 0 Å². The van der Waals surface area contributed by atoms with Gasteiger partial charge >= 0.3 is 0 Å². The van der Waals surface area contributed by atoms with Crippen molar-refractivity contribution in [1.29, 1.82) is 0 Å². The third-order valence-electron chi connectivity index (χ3n) is 2.91. The Balaban J connectivity index is 2.53. The van der Waals surface area contributed by atoms with E-state index in [0.717, 1.165) is 17.9 Å². The minimum Gasteiger partial charge on any atom is -0.492 e. The highest BCUT2D eigenvalue weighted by Gasteiger charge is 2.12. The Morgan fingerprint density at radius 2 is 2.06 bits per heavy atom. The Bertz CT molecular complexity index is 339. The van der Waals surface area contributed by atoms with Crippen LogP contribution in [0.4, 0.5) is 0 Å². The molecule has 0 amide bonds. The zero-order chi connectivity index (χ0) is 13.4. The predicted molar refractivity (Wildman–Crippen MR) is 75.0 cm³/mol. The second-order valence-electron chi connectivity index (χ2n) is 4.80. The molecule has 1 aromatic carbocycles. The van der Waals surface area contributed by atoms with E-state index in [9.17, 15) is 0 Å². The molecule has 1 N–H and O–H groups in total. The zero-order valence-corrected chi connectivity index (χ0v) is 11.9. The summed E-state index contributed by atoms with van der Waals surface area (Å²) in [4.78, 5) is 0. The third-order valence-corrected chi connectivity index (χ3v) is 2.91. The van der Waals surface area contributed by atoms with E-state index in [-0.39, 0.29) is 0 Å². The van der Waals surface area contributed by atoms with Crippen molar-refractivity contribution in [2.24, 2.45) is 5.92 Å². The Labute approximate surface area is 110 Å². The normalized spacial score (nSPS) is 12.7. The van der Waals surface area contributed by atoms with E-state index in [4.69, 9.17) is 9.47 Å². The van der Waals surface area contributed by atoms with Crippen LogP contribution in [0.5, 0.6) is 5.75 Å². The fraction of sp³-hybridized carbons (Fsp3) is 0.600. The molecule has 0 spiro atoms. The monoisotopic (exact) mass is 251 g/mol. The van der Waals surface area contributed by atoms with Gasteiger partial charge in [0.1, 0.15) is 12.4 Å². The lowest BCUT2D eigenvalue weighted by Gasteiger charge is -2.22. The maximum absolute atomic E-state index is 5.85. The minimum absolute atomic E-state index is 0.390. The number of benzene rings is 1. The van der Waals surface area contributed by atoms with Crippen LogP contribution in [0.2, 0.25) is 0 Å². The molecule has 1 unspecified atom stereocenters. The lowest BCUT2D eigenvalue weighted by atomic mass is 10.1. The van der Waals surface area contributed by atoms with Gasteiger partial charge in [0.15, 0.2) is 0 Å². The molecule has 0 heterocycles. The molecule has 0 saturated heterocycles. The second kappa shape index (κ2) is 8.11. The Morgan fingerprint density at radius 1 is 1.28 bits per heavy atom. The molecule has 3 nitrogen and oxygen atoms in total. The van der Waals surface area contributed by atoms with Gasteiger partial charge in [-0.05, 0) is 30.2 Å². The van der Waals surface area contributed by atoms with Crippen LogP contribution in [-0.4, -0.2) is 26.3 Å². The van der Waals surface area contributed by atoms with Crippen LogP contribution in [-0.2, 0) is 11.3 Å². The molecule has 0 aliphatic heterocycles. The van der Waals surface area contributed by atoms with Crippen molar-refractivity contribution in [3.05, 3.63) is 29.8 Å². The summed E-state index contributed by atoms with van der Waals surface area (Å²) in [7, 11) is 1.70. The van der Waals surface area contributed by atoms with E-state index in [1.165, 1.54) is 0 Å². The lowest BCUT2D eigenvalue weighted by molar-refractivity contribution is 0.184. The van der Waals surface area contributed by atoms with Gasteiger partial charge in [-0.25, -0.2) is 0 Å². The second-order valence-corrected chi connectivity index (χ2v) is 4.80. The summed E-state index contributed by atoms with van der Waals surface area (Å²) in [6.07, 6.45) is 0. The number of hydrogen-bond acceptors (Lipinski definition) is 3. The average molecular weight is 251 g/mol. The van der Waals surface area contributed by atoms with E-state index in [2.05, 4.69) is 26.1 Å². The topological polar surface area (TPSA) is 30.5 Å². The zero-order valence-electron chi connectivity index (χ0n) is 11.9. The minimum atomic E-state index is 0.390. The molecule has 1 atom stereocenters. The Hall–Kier alpha value is -1.06. The summed E-state index contributed by atoms with van der Waals surface area (Å²) in [5.74, 6) is 1.47. The van der Waals surface area contributed by atoms with E-state index in [0.29, 0.717) is 25.2 Å². The first-order valence-corrected chi connectivity index (χ1v) is 6.61. The maximum Gasteiger partial charge on any atom is 0.119 e. The smallest absolute Gasteiger partial charge is 0.119 e. The van der Waals surface area contributed by atoms with Crippen LogP contribution in [0, 0.1) is 5.92 Å². The van der Waals surface area contributed by atoms with Gasteiger partial charge in [0.25, 0.3) is 0 Å². The number of ether oxygens (including phenoxy) is 2. The van der Waals surface area contributed by atoms with Crippen molar-refractivity contribution in [1.82, 2.24) is 5.32 Å². The molecular formula is C15H25NO2. The van der Waals surface area contributed by atoms with Crippen LogP contribution in [0.1, 0.15) is 26.3 Å². The summed E-state index contributed by atoms with van der Waals surface area (Å²) in [6.45, 7) is 8.82. The molecule has 1 rings (SSSR count). The summed E-state index contributed by atoms with van der Waals surface area (Å²) in [5.41, 5.74) is 1.14. The van der Waals surface area contributed by atoms with Crippen LogP contribution in [0.25, 0.3) is 0 Å². The number of rotatable bonds is 8. The predicted octanol–water partition coefficient (Wildman–Crippen LogP) is 2.85. The van der Waals surface area contributed by atoms with Crippen molar-refractivity contribution in [3.63, 3.8) is 0 Å². The summed E-state index contributed by atoms with van der Waals surface area (Å²) in [5, 5.41) is 3.44. The van der Waals surface area contributed by atoms with Gasteiger partial charge < -0.3 is 14.8 Å². The van der Waals surface area contributed by atoms with Crippen LogP contribution < -0.4 is 10.1 Å². The van der Waals surface area contributed by atoms with E-state index in [1.807, 2.05) is 24.3 Å². The number of nitrogens with one attached hydrogen (secondary N) is 1. The van der Waals surface area contributed by atoms with E-state index < -0.39 is 0 Å². The maximum atomic E-state index is 5.85. The Kier molecular flexibility index (Phi) is 6.76. The summed E-state index contributed by atoms with van der Waals surface area (Å²) >= 11 is 0. The highest BCUT2D eigenvalue weighted by atomic mass is 16.5. The summed E-state index contributed by atoms with van der Waals surface area (Å²) in [6, 6.07) is 8.46. The molecule has 18 heavy (non-hydrogen) atoms. The fourth-order valence-corrected chi connectivity index (χ4v) is 1.83. The molecule has 0 fully saturated rings. The van der Waals surface area contributed by atoms with E-state index in [1.54, 1.807) is 7.11 Å². The van der Waals surface area contributed by atoms with Gasteiger partial charge in [-0.3, -0.25) is 0 Å². The molecule has 0 saturated carbocycles. The highest BCUT2D eigenvalue weighted by Crippen LogP contribution is 2.15. The molecular weight excluding hydrogens is 226 g/mol. The molecule has 0 aliphatic rings. The quantitative estimate of drug-likeness (QED) is 0.770. The first-order chi connectivity index (χ1) is 8.67. The molecule has 0 aliphatic carbocycles. The molecule has 102 valence electrons. The van der Waals surface area contributed by atoms with Crippen molar-refractivity contribution in [2.45, 2.75) is 33.4 Å². The van der Waals surface area contributed by atoms with Crippen molar-refractivity contribution < 1.29 is 9.47 Å². The fourth-order valence-electron chi connectivity index (χ4n) is 1.83. The van der Waals surface area contributed by atoms with Crippen molar-refractivity contribution in [2.75, 3.05) is 20.3 Å². The van der Waals surface area contributed by atoms with Gasteiger partial charge in [-0.2, -0.15) is 0 Å². The molecule has 0 aromatic heterocycles. The largest absolute Gasteiger partial charge is 0.492 e. The standard InChI is InChI=1S/C15H25NO2/c1-5-16-15(12(2)3)11-18-14-8-6-7-13(9-14)10-17-4/h6-9,12,15-16H,5,10-11H2,1-4H3. The van der Waals surface area contributed by atoms with Gasteiger partial charge in [0, 0.05) is 13.2 Å². The molecule has 3 heteroatoms. The number of likely N-dealkylation sites (N-methyl/N-ethyl adjacent to an activating group) is 1. The first-order valence-electron chi connectivity index (χ1n) is 6.61. The number of methoxy groups -OCH3 is 1. The molecule has 1 aromatic rings. The lowest BCUT2D eigenvalue weighted by Crippen LogP contribution is -2.38. The average Bonchev–Trinajstić information content (AvgIpc) is 2.35. The molecule has 0 radical (unpaired) electrons. The van der Waals surface area contributed by atoms with Crippen LogP contribution >= 0.6 is 0 Å². The van der Waals surface area contributed by atoms with Crippen LogP contribution in [0.3, 0.4) is 0 Å². The van der Waals surface area contributed by atoms with E-state index >= 15 is 0 Å².